The maximum Gasteiger partial charge on any atom is 0.162 e. The molecule has 0 bridgehead atoms. The topological polar surface area (TPSA) is 12.0 Å². The fraction of sp³-hybridized carbons (Fsp3) is 0.667. The molecule has 0 aliphatic heterocycles. The molecule has 1 nitrogen and oxygen atoms in total. The van der Waals surface area contributed by atoms with Crippen molar-refractivity contribution in [1.82, 2.24) is 5.32 Å². The van der Waals surface area contributed by atoms with E-state index in [1.54, 1.807) is 12.1 Å². The van der Waals surface area contributed by atoms with Crippen LogP contribution in [0.1, 0.15) is 57.4 Å². The first-order valence-corrected chi connectivity index (χ1v) is 8.37. The molecule has 1 saturated carbocycles. The Morgan fingerprint density at radius 2 is 1.86 bits per heavy atom. The summed E-state index contributed by atoms with van der Waals surface area (Å²) >= 11 is 0. The summed E-state index contributed by atoms with van der Waals surface area (Å²) in [5.41, 5.74) is 0.495. The standard InChI is InChI=1S/C18H27F2N/c1-2-21-16(12-14-8-5-3-4-6-9-14)13-15-10-7-11-17(19)18(15)20/h7,10-11,14,16,21H,2-6,8-9,12-13H2,1H3. The van der Waals surface area contributed by atoms with E-state index in [4.69, 9.17) is 0 Å². The molecule has 1 aliphatic carbocycles. The van der Waals surface area contributed by atoms with Crippen LogP contribution in [0.2, 0.25) is 0 Å². The van der Waals surface area contributed by atoms with E-state index in [1.807, 2.05) is 0 Å². The smallest absolute Gasteiger partial charge is 0.162 e. The van der Waals surface area contributed by atoms with Crippen molar-refractivity contribution >= 4 is 0 Å². The van der Waals surface area contributed by atoms with Crippen LogP contribution in [0.3, 0.4) is 0 Å². The van der Waals surface area contributed by atoms with E-state index in [1.165, 1.54) is 44.6 Å². The third-order valence-corrected chi connectivity index (χ3v) is 4.58. The van der Waals surface area contributed by atoms with Crippen molar-refractivity contribution < 1.29 is 8.78 Å². The van der Waals surface area contributed by atoms with Gasteiger partial charge in [0.15, 0.2) is 11.6 Å². The quantitative estimate of drug-likeness (QED) is 0.740. The zero-order valence-corrected chi connectivity index (χ0v) is 13.0. The van der Waals surface area contributed by atoms with Gasteiger partial charge >= 0.3 is 0 Å². The molecule has 0 aromatic heterocycles. The molecule has 2 rings (SSSR count). The van der Waals surface area contributed by atoms with Crippen LogP contribution in [-0.4, -0.2) is 12.6 Å². The highest BCUT2D eigenvalue weighted by atomic mass is 19.2. The normalized spacial score (nSPS) is 18.4. The molecule has 118 valence electrons. The Balaban J connectivity index is 1.99. The van der Waals surface area contributed by atoms with Crippen molar-refractivity contribution in [2.75, 3.05) is 6.54 Å². The van der Waals surface area contributed by atoms with Crippen LogP contribution in [0, 0.1) is 17.6 Å². The van der Waals surface area contributed by atoms with Gasteiger partial charge in [0.1, 0.15) is 0 Å². The van der Waals surface area contributed by atoms with E-state index in [-0.39, 0.29) is 6.04 Å². The highest BCUT2D eigenvalue weighted by molar-refractivity contribution is 5.20. The van der Waals surface area contributed by atoms with Gasteiger partial charge in [0.2, 0.25) is 0 Å². The maximum atomic E-state index is 13.8. The first kappa shape index (κ1) is 16.4. The summed E-state index contributed by atoms with van der Waals surface area (Å²) in [6.45, 7) is 2.94. The molecule has 1 N–H and O–H groups in total. The molecule has 1 unspecified atom stereocenters. The van der Waals surface area contributed by atoms with Gasteiger partial charge in [-0.15, -0.1) is 0 Å². The molecule has 0 heterocycles. The second-order valence-corrected chi connectivity index (χ2v) is 6.26. The molecule has 21 heavy (non-hydrogen) atoms. The number of benzene rings is 1. The van der Waals surface area contributed by atoms with Crippen molar-refractivity contribution in [3.05, 3.63) is 35.4 Å². The molecule has 1 aliphatic rings. The summed E-state index contributed by atoms with van der Waals surface area (Å²) in [7, 11) is 0. The van der Waals surface area contributed by atoms with E-state index >= 15 is 0 Å². The molecular formula is C18H27F2N. The SMILES string of the molecule is CCNC(Cc1cccc(F)c1F)CC1CCCCCC1. The van der Waals surface area contributed by atoms with Crippen LogP contribution in [0.5, 0.6) is 0 Å². The van der Waals surface area contributed by atoms with Gasteiger partial charge in [-0.3, -0.25) is 0 Å². The number of halogens is 2. The van der Waals surface area contributed by atoms with Crippen molar-refractivity contribution in [2.24, 2.45) is 5.92 Å². The number of rotatable bonds is 6. The molecule has 1 aromatic rings. The third-order valence-electron chi connectivity index (χ3n) is 4.58. The predicted octanol–water partition coefficient (Wildman–Crippen LogP) is 4.85. The van der Waals surface area contributed by atoms with E-state index in [0.29, 0.717) is 12.0 Å². The first-order valence-electron chi connectivity index (χ1n) is 8.37. The van der Waals surface area contributed by atoms with Gasteiger partial charge in [-0.1, -0.05) is 57.6 Å². The van der Waals surface area contributed by atoms with Crippen molar-refractivity contribution in [3.63, 3.8) is 0 Å². The molecule has 1 fully saturated rings. The lowest BCUT2D eigenvalue weighted by Crippen LogP contribution is -2.33. The number of likely N-dealkylation sites (N-methyl/N-ethyl adjacent to an activating group) is 1. The summed E-state index contributed by atoms with van der Waals surface area (Å²) in [5.74, 6) is -0.688. The molecule has 0 spiro atoms. The minimum atomic E-state index is -0.739. The van der Waals surface area contributed by atoms with E-state index in [0.717, 1.165) is 18.9 Å². The second-order valence-electron chi connectivity index (χ2n) is 6.26. The van der Waals surface area contributed by atoms with Crippen LogP contribution in [0.4, 0.5) is 8.78 Å². The maximum absolute atomic E-state index is 13.8. The zero-order valence-electron chi connectivity index (χ0n) is 13.0. The predicted molar refractivity (Wildman–Crippen MR) is 83.3 cm³/mol. The molecular weight excluding hydrogens is 268 g/mol. The molecule has 0 radical (unpaired) electrons. The van der Waals surface area contributed by atoms with Crippen LogP contribution in [0.25, 0.3) is 0 Å². The van der Waals surface area contributed by atoms with Gasteiger partial charge in [-0.05, 0) is 36.9 Å². The zero-order chi connectivity index (χ0) is 15.1. The van der Waals surface area contributed by atoms with E-state index in [9.17, 15) is 8.78 Å². The highest BCUT2D eigenvalue weighted by Gasteiger charge is 2.19. The van der Waals surface area contributed by atoms with E-state index < -0.39 is 11.6 Å². The Hall–Kier alpha value is -0.960. The van der Waals surface area contributed by atoms with Crippen LogP contribution in [0.15, 0.2) is 18.2 Å². The number of nitrogens with one attached hydrogen (secondary N) is 1. The Bertz CT molecular complexity index is 425. The van der Waals surface area contributed by atoms with Gasteiger partial charge in [-0.2, -0.15) is 0 Å². The minimum Gasteiger partial charge on any atom is -0.314 e. The average molecular weight is 295 g/mol. The monoisotopic (exact) mass is 295 g/mol. The Morgan fingerprint density at radius 1 is 1.14 bits per heavy atom. The first-order chi connectivity index (χ1) is 10.2. The molecule has 0 amide bonds. The van der Waals surface area contributed by atoms with Crippen molar-refractivity contribution in [1.29, 1.82) is 0 Å². The summed E-state index contributed by atoms with van der Waals surface area (Å²) < 4.78 is 27.2. The second kappa shape index (κ2) is 8.47. The summed E-state index contributed by atoms with van der Waals surface area (Å²) in [6.07, 6.45) is 9.55. The fourth-order valence-corrected chi connectivity index (χ4v) is 3.50. The lowest BCUT2D eigenvalue weighted by molar-refractivity contribution is 0.349. The summed E-state index contributed by atoms with van der Waals surface area (Å²) in [4.78, 5) is 0. The molecule has 3 heteroatoms. The van der Waals surface area contributed by atoms with Crippen LogP contribution < -0.4 is 5.32 Å². The highest BCUT2D eigenvalue weighted by Crippen LogP contribution is 2.27. The molecule has 1 atom stereocenters. The molecule has 0 saturated heterocycles. The number of hydrogen-bond donors (Lipinski definition) is 1. The third kappa shape index (κ3) is 5.06. The summed E-state index contributed by atoms with van der Waals surface area (Å²) in [6, 6.07) is 4.74. The van der Waals surface area contributed by atoms with Crippen molar-refractivity contribution in [2.45, 2.75) is 64.3 Å². The largest absolute Gasteiger partial charge is 0.314 e. The lowest BCUT2D eigenvalue weighted by Gasteiger charge is -2.23. The Kier molecular flexibility index (Phi) is 6.62. The molecule has 1 aromatic carbocycles. The van der Waals surface area contributed by atoms with Gasteiger partial charge in [0, 0.05) is 6.04 Å². The van der Waals surface area contributed by atoms with Crippen LogP contribution >= 0.6 is 0 Å². The summed E-state index contributed by atoms with van der Waals surface area (Å²) in [5, 5.41) is 3.46. The van der Waals surface area contributed by atoms with Gasteiger partial charge in [0.25, 0.3) is 0 Å². The van der Waals surface area contributed by atoms with Gasteiger partial charge in [-0.25, -0.2) is 8.78 Å². The van der Waals surface area contributed by atoms with Crippen LogP contribution in [-0.2, 0) is 6.42 Å². The fourth-order valence-electron chi connectivity index (χ4n) is 3.50. The minimum absolute atomic E-state index is 0.245. The van der Waals surface area contributed by atoms with E-state index in [2.05, 4.69) is 12.2 Å². The Morgan fingerprint density at radius 3 is 2.52 bits per heavy atom. The lowest BCUT2D eigenvalue weighted by atomic mass is 9.89. The average Bonchev–Trinajstić information content (AvgIpc) is 2.73. The number of hydrogen-bond acceptors (Lipinski definition) is 1. The van der Waals surface area contributed by atoms with Crippen molar-refractivity contribution in [3.8, 4) is 0 Å². The Labute approximate surface area is 127 Å². The van der Waals surface area contributed by atoms with Gasteiger partial charge in [0.05, 0.1) is 0 Å². The van der Waals surface area contributed by atoms with Gasteiger partial charge < -0.3 is 5.32 Å².